The van der Waals surface area contributed by atoms with Crippen LogP contribution in [0.25, 0.3) is 0 Å². The molecule has 2 amide bonds. The van der Waals surface area contributed by atoms with Crippen LogP contribution in [0.5, 0.6) is 0 Å². The number of nitrogens with one attached hydrogen (secondary N) is 1. The molecule has 2 aliphatic rings. The summed E-state index contributed by atoms with van der Waals surface area (Å²) in [5.74, 6) is -0.867. The molecule has 0 aliphatic carbocycles. The Balaban J connectivity index is 1.32. The highest BCUT2D eigenvalue weighted by Gasteiger charge is 2.44. The Hall–Kier alpha value is -3.80. The van der Waals surface area contributed by atoms with Gasteiger partial charge in [-0.15, -0.1) is 11.3 Å². The van der Waals surface area contributed by atoms with Gasteiger partial charge in [0.1, 0.15) is 18.2 Å². The number of nitrogens with zero attached hydrogens (tertiary/aromatic N) is 3. The summed E-state index contributed by atoms with van der Waals surface area (Å²) in [7, 11) is 0. The Kier molecular flexibility index (Phi) is 12.6. The molecule has 2 aromatic carbocycles. The van der Waals surface area contributed by atoms with Gasteiger partial charge in [-0.1, -0.05) is 60.7 Å². The first-order valence-electron chi connectivity index (χ1n) is 16.9. The Morgan fingerprint density at radius 1 is 0.979 bits per heavy atom. The number of aromatic nitrogens is 1. The van der Waals surface area contributed by atoms with Gasteiger partial charge in [0.05, 0.1) is 29.5 Å². The van der Waals surface area contributed by atoms with Gasteiger partial charge in [0.15, 0.2) is 0 Å². The first kappa shape index (κ1) is 35.5. The highest BCUT2D eigenvalue weighted by Crippen LogP contribution is 2.27. The van der Waals surface area contributed by atoms with Crippen molar-refractivity contribution in [1.29, 1.82) is 0 Å². The van der Waals surface area contributed by atoms with Gasteiger partial charge >= 0.3 is 12.1 Å². The first-order chi connectivity index (χ1) is 23.1. The number of ether oxygens (including phenoxy) is 3. The minimum absolute atomic E-state index is 0.0355. The van der Waals surface area contributed by atoms with Crippen LogP contribution in [-0.4, -0.2) is 89.3 Å². The van der Waals surface area contributed by atoms with Gasteiger partial charge in [-0.3, -0.25) is 24.4 Å². The topological polar surface area (TPSA) is 110 Å². The zero-order valence-corrected chi connectivity index (χ0v) is 29.0. The van der Waals surface area contributed by atoms with Gasteiger partial charge in [0.25, 0.3) is 0 Å². The molecular weight excluding hydrogens is 628 g/mol. The van der Waals surface area contributed by atoms with E-state index in [0.29, 0.717) is 51.9 Å². The average Bonchev–Trinajstić information content (AvgIpc) is 3.77. The second-order valence-electron chi connectivity index (χ2n) is 13.6. The van der Waals surface area contributed by atoms with Gasteiger partial charge in [0.2, 0.25) is 5.91 Å². The summed E-state index contributed by atoms with van der Waals surface area (Å²) < 4.78 is 17.1. The van der Waals surface area contributed by atoms with E-state index in [1.165, 1.54) is 11.3 Å². The minimum Gasteiger partial charge on any atom is -0.460 e. The van der Waals surface area contributed by atoms with Crippen molar-refractivity contribution in [1.82, 2.24) is 20.1 Å². The Bertz CT molecular complexity index is 1440. The van der Waals surface area contributed by atoms with Crippen LogP contribution in [0.1, 0.15) is 56.0 Å². The van der Waals surface area contributed by atoms with E-state index in [1.807, 2.05) is 81.4 Å². The number of carbonyl (C=O) groups excluding carboxylic acids is 3. The Morgan fingerprint density at radius 3 is 2.27 bits per heavy atom. The summed E-state index contributed by atoms with van der Waals surface area (Å²) in [6, 6.07) is 19.0. The zero-order chi connectivity index (χ0) is 33.9. The maximum absolute atomic E-state index is 14.2. The van der Waals surface area contributed by atoms with Crippen LogP contribution in [0.4, 0.5) is 4.79 Å². The zero-order valence-electron chi connectivity index (χ0n) is 28.2. The Labute approximate surface area is 287 Å². The summed E-state index contributed by atoms with van der Waals surface area (Å²) in [5.41, 5.74) is 3.16. The lowest BCUT2D eigenvalue weighted by Crippen LogP contribution is -2.50. The molecule has 0 bridgehead atoms. The number of esters is 1. The first-order valence-corrected chi connectivity index (χ1v) is 17.8. The van der Waals surface area contributed by atoms with Gasteiger partial charge in [-0.05, 0) is 64.0 Å². The molecule has 3 aromatic rings. The van der Waals surface area contributed by atoms with Gasteiger partial charge in [-0.25, -0.2) is 4.79 Å². The number of amides is 2. The van der Waals surface area contributed by atoms with Gasteiger partial charge in [0, 0.05) is 37.9 Å². The molecule has 2 saturated heterocycles. The predicted molar refractivity (Wildman–Crippen MR) is 184 cm³/mol. The fourth-order valence-corrected chi connectivity index (χ4v) is 6.90. The molecule has 1 aromatic heterocycles. The number of thiazole rings is 1. The highest BCUT2D eigenvalue weighted by atomic mass is 32.1. The number of hydrogen-bond acceptors (Lipinski definition) is 9. The normalized spacial score (nSPS) is 19.8. The van der Waals surface area contributed by atoms with Crippen LogP contribution >= 0.6 is 11.3 Å². The summed E-state index contributed by atoms with van der Waals surface area (Å²) in [4.78, 5) is 49.9. The van der Waals surface area contributed by atoms with Gasteiger partial charge < -0.3 is 19.5 Å². The second-order valence-corrected chi connectivity index (χ2v) is 14.6. The number of rotatable bonds is 13. The molecule has 10 nitrogen and oxygen atoms in total. The number of hydrogen-bond donors (Lipinski definition) is 1. The smallest absolute Gasteiger partial charge is 0.411 e. The fraction of sp³-hybridized carbons (Fsp3) is 0.514. The molecule has 5 rings (SSSR count). The van der Waals surface area contributed by atoms with E-state index in [2.05, 4.69) is 15.2 Å². The molecule has 1 N–H and O–H groups in total. The lowest BCUT2D eigenvalue weighted by molar-refractivity contribution is -0.150. The maximum Gasteiger partial charge on any atom is 0.411 e. The van der Waals surface area contributed by atoms with Crippen LogP contribution in [0.15, 0.2) is 72.4 Å². The van der Waals surface area contributed by atoms with Crippen molar-refractivity contribution in [2.24, 2.45) is 5.92 Å². The third kappa shape index (κ3) is 10.6. The van der Waals surface area contributed by atoms with E-state index >= 15 is 0 Å². The van der Waals surface area contributed by atoms with E-state index in [-0.39, 0.29) is 30.6 Å². The number of carbonyl (C=O) groups is 3. The molecule has 258 valence electrons. The molecule has 48 heavy (non-hydrogen) atoms. The molecular formula is C37H48N4O6S. The lowest BCUT2D eigenvalue weighted by atomic mass is 9.91. The molecule has 4 atom stereocenters. The fourth-order valence-electron chi connectivity index (χ4n) is 6.39. The van der Waals surface area contributed by atoms with Gasteiger partial charge in [-0.2, -0.15) is 0 Å². The molecule has 2 aliphatic heterocycles. The van der Waals surface area contributed by atoms with Crippen LogP contribution in [-0.2, 0) is 43.2 Å². The van der Waals surface area contributed by atoms with Crippen molar-refractivity contribution in [3.05, 3.63) is 88.4 Å². The van der Waals surface area contributed by atoms with E-state index < -0.39 is 23.7 Å². The number of likely N-dealkylation sites (tertiary alicyclic amines) is 1. The van der Waals surface area contributed by atoms with E-state index in [4.69, 9.17) is 14.2 Å². The molecule has 3 heterocycles. The summed E-state index contributed by atoms with van der Waals surface area (Å²) in [5, 5.41) is 3.30. The quantitative estimate of drug-likeness (QED) is 0.244. The SMILES string of the molecule is CC(C)(C)OC(=O)N1CC(N2CCOCC2)CC1C(=O)N[C@@H](CC[C@@H](Cc1ccccc1)C(=O)OCc1cncs1)Cc1ccccc1. The Morgan fingerprint density at radius 2 is 1.65 bits per heavy atom. The van der Waals surface area contributed by atoms with E-state index in [1.54, 1.807) is 16.6 Å². The van der Waals surface area contributed by atoms with E-state index in [9.17, 15) is 14.4 Å². The van der Waals surface area contributed by atoms with Crippen molar-refractivity contribution < 1.29 is 28.6 Å². The highest BCUT2D eigenvalue weighted by molar-refractivity contribution is 7.09. The molecule has 2 fully saturated rings. The molecule has 11 heteroatoms. The van der Waals surface area contributed by atoms with Crippen LogP contribution in [0.3, 0.4) is 0 Å². The van der Waals surface area contributed by atoms with Crippen molar-refractivity contribution >= 4 is 29.3 Å². The molecule has 0 radical (unpaired) electrons. The number of morpholine rings is 1. The van der Waals surface area contributed by atoms with Crippen LogP contribution in [0, 0.1) is 5.92 Å². The maximum atomic E-state index is 14.2. The standard InChI is InChI=1S/C37H48N4O6S/c1-37(2,3)47-36(44)41-24-31(40-16-18-45-19-17-40)22-33(41)34(42)39-30(21-28-12-8-5-9-13-28)15-14-29(20-27-10-6-4-7-11-27)35(43)46-25-32-23-38-26-48-32/h4-13,23,26,29-31,33H,14-22,24-25H2,1-3H3,(H,39,42)/t29-,30-,31?,33?/m0/s1. The summed E-state index contributed by atoms with van der Waals surface area (Å²) >= 11 is 1.45. The lowest BCUT2D eigenvalue weighted by Gasteiger charge is -2.32. The minimum atomic E-state index is -0.687. The van der Waals surface area contributed by atoms with Crippen LogP contribution < -0.4 is 5.32 Å². The average molecular weight is 677 g/mol. The monoisotopic (exact) mass is 676 g/mol. The number of benzene rings is 2. The van der Waals surface area contributed by atoms with Crippen molar-refractivity contribution in [3.8, 4) is 0 Å². The van der Waals surface area contributed by atoms with Crippen LogP contribution in [0.2, 0.25) is 0 Å². The molecule has 0 saturated carbocycles. The largest absolute Gasteiger partial charge is 0.460 e. The summed E-state index contributed by atoms with van der Waals surface area (Å²) in [6.07, 6.45) is 3.94. The molecule has 2 unspecified atom stereocenters. The molecule has 0 spiro atoms. The van der Waals surface area contributed by atoms with Crippen molar-refractivity contribution in [2.75, 3.05) is 32.8 Å². The predicted octanol–water partition coefficient (Wildman–Crippen LogP) is 5.26. The van der Waals surface area contributed by atoms with E-state index in [0.717, 1.165) is 29.1 Å². The van der Waals surface area contributed by atoms with Crippen molar-refractivity contribution in [3.63, 3.8) is 0 Å². The van der Waals surface area contributed by atoms with Crippen molar-refractivity contribution in [2.45, 2.75) is 83.2 Å². The summed E-state index contributed by atoms with van der Waals surface area (Å²) in [6.45, 7) is 8.90. The third-order valence-electron chi connectivity index (χ3n) is 8.81. The second kappa shape index (κ2) is 17.0. The third-order valence-corrected chi connectivity index (χ3v) is 9.56.